The summed E-state index contributed by atoms with van der Waals surface area (Å²) in [4.78, 5) is 15.7. The molecule has 0 atom stereocenters. The van der Waals surface area contributed by atoms with E-state index in [-0.39, 0.29) is 0 Å². The number of carboxylic acids is 1. The molecule has 0 radical (unpaired) electrons. The van der Waals surface area contributed by atoms with Crippen LogP contribution in [0.25, 0.3) is 0 Å². The molecule has 0 heterocycles. The molecular formula is C8H13NO3. The molecule has 0 unspecified atom stereocenters. The Morgan fingerprint density at radius 3 is 2.42 bits per heavy atom. The van der Waals surface area contributed by atoms with Crippen LogP contribution >= 0.6 is 0 Å². The fraction of sp³-hybridized carbons (Fsp3) is 0.750. The molecule has 68 valence electrons. The van der Waals surface area contributed by atoms with Gasteiger partial charge < -0.3 is 9.94 Å². The lowest BCUT2D eigenvalue weighted by Crippen LogP contribution is -2.41. The summed E-state index contributed by atoms with van der Waals surface area (Å²) >= 11 is 0. The molecular weight excluding hydrogens is 158 g/mol. The predicted octanol–water partition coefficient (Wildman–Crippen LogP) is 1.41. The molecule has 0 amide bonds. The Bertz CT molecular complexity index is 185. The summed E-state index contributed by atoms with van der Waals surface area (Å²) in [5, 5.41) is 12.1. The monoisotopic (exact) mass is 171 g/mol. The third-order valence-corrected chi connectivity index (χ3v) is 2.29. The average molecular weight is 171 g/mol. The van der Waals surface area contributed by atoms with E-state index in [4.69, 9.17) is 9.94 Å². The fourth-order valence-electron chi connectivity index (χ4n) is 1.59. The third-order valence-electron chi connectivity index (χ3n) is 2.29. The van der Waals surface area contributed by atoms with Crippen LogP contribution in [-0.4, -0.2) is 23.4 Å². The Morgan fingerprint density at radius 2 is 2.00 bits per heavy atom. The van der Waals surface area contributed by atoms with Gasteiger partial charge in [-0.2, -0.15) is 0 Å². The van der Waals surface area contributed by atoms with Crippen LogP contribution < -0.4 is 0 Å². The van der Waals surface area contributed by atoms with Crippen molar-refractivity contribution in [2.45, 2.75) is 37.7 Å². The minimum absolute atomic E-state index is 0.543. The lowest BCUT2D eigenvalue weighted by molar-refractivity contribution is -0.170. The fourth-order valence-corrected chi connectivity index (χ4v) is 1.59. The van der Waals surface area contributed by atoms with Crippen molar-refractivity contribution < 1.29 is 14.7 Å². The number of aliphatic carboxylic acids is 1. The van der Waals surface area contributed by atoms with Gasteiger partial charge in [0.25, 0.3) is 0 Å². The number of oxime groups is 1. The van der Waals surface area contributed by atoms with E-state index < -0.39 is 11.6 Å². The van der Waals surface area contributed by atoms with Gasteiger partial charge in [-0.25, -0.2) is 4.79 Å². The van der Waals surface area contributed by atoms with Crippen molar-refractivity contribution in [3.8, 4) is 0 Å². The summed E-state index contributed by atoms with van der Waals surface area (Å²) in [5.74, 6) is -0.922. The van der Waals surface area contributed by atoms with Gasteiger partial charge in [0.15, 0.2) is 0 Å². The number of carboxylic acid groups (broad SMARTS) is 1. The molecule has 0 bridgehead atoms. The van der Waals surface area contributed by atoms with Crippen LogP contribution in [0.15, 0.2) is 5.16 Å². The van der Waals surface area contributed by atoms with Gasteiger partial charge in [0.2, 0.25) is 5.60 Å². The zero-order valence-electron chi connectivity index (χ0n) is 6.95. The van der Waals surface area contributed by atoms with Crippen molar-refractivity contribution in [2.75, 3.05) is 0 Å². The van der Waals surface area contributed by atoms with Crippen molar-refractivity contribution in [1.82, 2.24) is 0 Å². The van der Waals surface area contributed by atoms with Crippen molar-refractivity contribution in [2.24, 2.45) is 5.16 Å². The maximum Gasteiger partial charge on any atom is 0.350 e. The summed E-state index contributed by atoms with van der Waals surface area (Å²) in [6.07, 6.45) is 3.95. The number of hydrogen-bond acceptors (Lipinski definition) is 3. The van der Waals surface area contributed by atoms with Gasteiger partial charge >= 0.3 is 5.97 Å². The third kappa shape index (κ3) is 1.57. The first-order valence-electron chi connectivity index (χ1n) is 4.09. The van der Waals surface area contributed by atoms with Gasteiger partial charge in [0.05, 0.1) is 0 Å². The van der Waals surface area contributed by atoms with Crippen LogP contribution in [0.1, 0.15) is 32.1 Å². The standard InChI is InChI=1S/C8H13NO3/c1-9-12-8(7(10)11)5-3-2-4-6-8/h1-6H2,(H,10,11). The highest BCUT2D eigenvalue weighted by atomic mass is 16.7. The molecule has 12 heavy (non-hydrogen) atoms. The number of hydrogen-bond donors (Lipinski definition) is 1. The summed E-state index contributed by atoms with van der Waals surface area (Å²) in [5.41, 5.74) is -1.08. The molecule has 1 aliphatic rings. The summed E-state index contributed by atoms with van der Waals surface area (Å²) < 4.78 is 0. The van der Waals surface area contributed by atoms with E-state index in [9.17, 15) is 4.79 Å². The van der Waals surface area contributed by atoms with Gasteiger partial charge in [-0.15, -0.1) is 5.16 Å². The highest BCUT2D eigenvalue weighted by molar-refractivity contribution is 5.77. The lowest BCUT2D eigenvalue weighted by Gasteiger charge is -2.30. The second-order valence-electron chi connectivity index (χ2n) is 3.08. The quantitative estimate of drug-likeness (QED) is 0.516. The Hall–Kier alpha value is -1.06. The van der Waals surface area contributed by atoms with E-state index in [0.29, 0.717) is 12.8 Å². The van der Waals surface area contributed by atoms with Gasteiger partial charge in [-0.05, 0) is 12.8 Å². The van der Waals surface area contributed by atoms with E-state index >= 15 is 0 Å². The molecule has 1 saturated carbocycles. The smallest absolute Gasteiger partial charge is 0.350 e. The molecule has 1 fully saturated rings. The normalized spacial score (nSPS) is 21.3. The molecule has 1 aliphatic carbocycles. The van der Waals surface area contributed by atoms with Crippen LogP contribution in [0.4, 0.5) is 0 Å². The van der Waals surface area contributed by atoms with E-state index in [2.05, 4.69) is 11.9 Å². The van der Waals surface area contributed by atoms with Crippen molar-refractivity contribution in [3.05, 3.63) is 0 Å². The molecule has 0 spiro atoms. The molecule has 4 nitrogen and oxygen atoms in total. The van der Waals surface area contributed by atoms with Crippen LogP contribution in [0, 0.1) is 0 Å². The topological polar surface area (TPSA) is 58.9 Å². The minimum atomic E-state index is -1.08. The van der Waals surface area contributed by atoms with Gasteiger partial charge in [0.1, 0.15) is 0 Å². The molecule has 0 aromatic heterocycles. The SMILES string of the molecule is C=NOC1(C(=O)O)CCCCC1. The van der Waals surface area contributed by atoms with Crippen molar-refractivity contribution >= 4 is 12.7 Å². The van der Waals surface area contributed by atoms with E-state index in [1.807, 2.05) is 0 Å². The second-order valence-corrected chi connectivity index (χ2v) is 3.08. The molecule has 1 rings (SSSR count). The molecule has 0 aromatic carbocycles. The molecule has 0 aromatic rings. The van der Waals surface area contributed by atoms with E-state index in [1.54, 1.807) is 0 Å². The largest absolute Gasteiger partial charge is 0.478 e. The molecule has 4 heteroatoms. The predicted molar refractivity (Wildman–Crippen MR) is 44.1 cm³/mol. The van der Waals surface area contributed by atoms with Crippen molar-refractivity contribution in [1.29, 1.82) is 0 Å². The number of rotatable bonds is 3. The lowest BCUT2D eigenvalue weighted by atomic mass is 9.85. The Kier molecular flexibility index (Phi) is 2.68. The molecule has 0 aliphatic heterocycles. The van der Waals surface area contributed by atoms with Crippen LogP contribution in [-0.2, 0) is 9.63 Å². The number of nitrogens with zero attached hydrogens (tertiary/aromatic N) is 1. The average Bonchev–Trinajstić information content (AvgIpc) is 2.06. The second kappa shape index (κ2) is 3.56. The van der Waals surface area contributed by atoms with Crippen LogP contribution in [0.2, 0.25) is 0 Å². The zero-order valence-corrected chi connectivity index (χ0v) is 6.95. The summed E-state index contributed by atoms with van der Waals surface area (Å²) in [6.45, 7) is 3.15. The Labute approximate surface area is 71.2 Å². The first kappa shape index (κ1) is 9.03. The van der Waals surface area contributed by atoms with Gasteiger partial charge in [0, 0.05) is 19.6 Å². The zero-order chi connectivity index (χ0) is 9.03. The van der Waals surface area contributed by atoms with Gasteiger partial charge in [-0.1, -0.05) is 6.42 Å². The van der Waals surface area contributed by atoms with E-state index in [1.165, 1.54) is 0 Å². The maximum atomic E-state index is 10.9. The van der Waals surface area contributed by atoms with Crippen LogP contribution in [0.3, 0.4) is 0 Å². The Balaban J connectivity index is 2.69. The molecule has 0 saturated heterocycles. The highest BCUT2D eigenvalue weighted by Gasteiger charge is 2.42. The summed E-state index contributed by atoms with van der Waals surface area (Å²) in [6, 6.07) is 0. The first-order chi connectivity index (χ1) is 5.71. The summed E-state index contributed by atoms with van der Waals surface area (Å²) in [7, 11) is 0. The van der Waals surface area contributed by atoms with Crippen LogP contribution in [0.5, 0.6) is 0 Å². The number of carbonyl (C=O) groups is 1. The minimum Gasteiger partial charge on any atom is -0.478 e. The van der Waals surface area contributed by atoms with E-state index in [0.717, 1.165) is 19.3 Å². The Morgan fingerprint density at radius 1 is 1.42 bits per heavy atom. The molecule has 1 N–H and O–H groups in total. The maximum absolute atomic E-state index is 10.9. The highest BCUT2D eigenvalue weighted by Crippen LogP contribution is 2.31. The van der Waals surface area contributed by atoms with Crippen molar-refractivity contribution in [3.63, 3.8) is 0 Å². The van der Waals surface area contributed by atoms with Gasteiger partial charge in [-0.3, -0.25) is 0 Å². The first-order valence-corrected chi connectivity index (χ1v) is 4.09.